The number of likely N-dealkylation sites (N-methyl/N-ethyl adjacent to an activating group) is 1. The Labute approximate surface area is 96.3 Å². The Bertz CT molecular complexity index is 296. The number of unbranched alkanes of at least 4 members (excludes halogenated alkanes) is 1. The summed E-state index contributed by atoms with van der Waals surface area (Å²) in [5.74, 6) is -0.699. The lowest BCUT2D eigenvalue weighted by molar-refractivity contribution is -0.137. The molecule has 4 heteroatoms. The number of aliphatic carboxylic acids is 1. The molecule has 0 aromatic carbocycles. The van der Waals surface area contributed by atoms with E-state index in [1.807, 2.05) is 12.4 Å². The van der Waals surface area contributed by atoms with Crippen LogP contribution in [0.1, 0.15) is 24.8 Å². The number of aromatic nitrogens is 1. The van der Waals surface area contributed by atoms with Gasteiger partial charge >= 0.3 is 5.97 Å². The molecule has 0 amide bonds. The van der Waals surface area contributed by atoms with Crippen LogP contribution in [0.2, 0.25) is 0 Å². The van der Waals surface area contributed by atoms with E-state index in [2.05, 4.69) is 23.0 Å². The minimum Gasteiger partial charge on any atom is -0.481 e. The van der Waals surface area contributed by atoms with Gasteiger partial charge in [0.2, 0.25) is 0 Å². The quantitative estimate of drug-likeness (QED) is 0.661. The SMILES string of the molecule is CN(CCCCC(=O)O)CCc1cc[nH]c1. The van der Waals surface area contributed by atoms with Gasteiger partial charge in [0, 0.05) is 25.4 Å². The predicted octanol–water partition coefficient (Wildman–Crippen LogP) is 1.74. The molecule has 0 saturated carbocycles. The molecule has 0 aliphatic rings. The highest BCUT2D eigenvalue weighted by atomic mass is 16.4. The van der Waals surface area contributed by atoms with Crippen LogP contribution in [0.15, 0.2) is 18.5 Å². The summed E-state index contributed by atoms with van der Waals surface area (Å²) in [5, 5.41) is 8.49. The number of nitrogens with zero attached hydrogens (tertiary/aromatic N) is 1. The lowest BCUT2D eigenvalue weighted by Gasteiger charge is -2.15. The van der Waals surface area contributed by atoms with Crippen molar-refractivity contribution in [1.29, 1.82) is 0 Å². The second kappa shape index (κ2) is 7.06. The number of hydrogen-bond donors (Lipinski definition) is 2. The van der Waals surface area contributed by atoms with Crippen molar-refractivity contribution >= 4 is 5.97 Å². The summed E-state index contributed by atoms with van der Waals surface area (Å²) in [4.78, 5) is 15.6. The van der Waals surface area contributed by atoms with Gasteiger partial charge in [-0.1, -0.05) is 0 Å². The molecule has 0 bridgehead atoms. The highest BCUT2D eigenvalue weighted by molar-refractivity contribution is 5.66. The molecule has 2 N–H and O–H groups in total. The van der Waals surface area contributed by atoms with Crippen molar-refractivity contribution in [3.63, 3.8) is 0 Å². The molecule has 0 saturated heterocycles. The molecule has 1 rings (SSSR count). The fraction of sp³-hybridized carbons (Fsp3) is 0.583. The van der Waals surface area contributed by atoms with Crippen LogP contribution >= 0.6 is 0 Å². The maximum atomic E-state index is 10.3. The van der Waals surface area contributed by atoms with Gasteiger partial charge in [0.05, 0.1) is 0 Å². The van der Waals surface area contributed by atoms with Crippen molar-refractivity contribution in [2.45, 2.75) is 25.7 Å². The van der Waals surface area contributed by atoms with Crippen LogP contribution in [0.4, 0.5) is 0 Å². The summed E-state index contributed by atoms with van der Waals surface area (Å²) in [6.07, 6.45) is 6.99. The van der Waals surface area contributed by atoms with E-state index in [4.69, 9.17) is 5.11 Å². The number of nitrogens with one attached hydrogen (secondary N) is 1. The van der Waals surface area contributed by atoms with Gasteiger partial charge in [-0.2, -0.15) is 0 Å². The van der Waals surface area contributed by atoms with E-state index >= 15 is 0 Å². The molecule has 0 radical (unpaired) electrons. The first-order valence-electron chi connectivity index (χ1n) is 5.70. The second-order valence-electron chi connectivity index (χ2n) is 4.12. The molecule has 90 valence electrons. The van der Waals surface area contributed by atoms with Gasteiger partial charge in [-0.25, -0.2) is 0 Å². The minimum atomic E-state index is -0.699. The molecule has 0 fully saturated rings. The summed E-state index contributed by atoms with van der Waals surface area (Å²) < 4.78 is 0. The third-order valence-corrected chi connectivity index (χ3v) is 2.63. The monoisotopic (exact) mass is 224 g/mol. The van der Waals surface area contributed by atoms with Crippen LogP contribution in [0.3, 0.4) is 0 Å². The molecule has 1 heterocycles. The van der Waals surface area contributed by atoms with Crippen LogP contribution in [-0.4, -0.2) is 41.1 Å². The molecule has 16 heavy (non-hydrogen) atoms. The zero-order chi connectivity index (χ0) is 11.8. The minimum absolute atomic E-state index is 0.283. The van der Waals surface area contributed by atoms with Crippen LogP contribution < -0.4 is 0 Å². The fourth-order valence-electron chi connectivity index (χ4n) is 1.60. The van der Waals surface area contributed by atoms with Crippen LogP contribution in [0, 0.1) is 0 Å². The number of H-pyrrole nitrogens is 1. The zero-order valence-corrected chi connectivity index (χ0v) is 9.78. The molecular weight excluding hydrogens is 204 g/mol. The van der Waals surface area contributed by atoms with Gasteiger partial charge in [-0.05, 0) is 44.5 Å². The Balaban J connectivity index is 2.02. The number of hydrogen-bond acceptors (Lipinski definition) is 2. The first kappa shape index (κ1) is 12.8. The van der Waals surface area contributed by atoms with Gasteiger partial charge < -0.3 is 15.0 Å². The van der Waals surface area contributed by atoms with Gasteiger partial charge in [0.1, 0.15) is 0 Å². The summed E-state index contributed by atoms with van der Waals surface area (Å²) >= 11 is 0. The molecule has 0 atom stereocenters. The first-order valence-corrected chi connectivity index (χ1v) is 5.70. The number of carbonyl (C=O) groups is 1. The molecule has 1 aromatic heterocycles. The van der Waals surface area contributed by atoms with E-state index in [1.165, 1.54) is 5.56 Å². The van der Waals surface area contributed by atoms with Crippen molar-refractivity contribution in [3.05, 3.63) is 24.0 Å². The standard InChI is InChI=1S/C12H20N2O2/c1-14(8-3-2-4-12(15)16)9-6-11-5-7-13-10-11/h5,7,10,13H,2-4,6,8-9H2,1H3,(H,15,16). The Morgan fingerprint density at radius 2 is 2.25 bits per heavy atom. The van der Waals surface area contributed by atoms with Crippen molar-refractivity contribution in [2.24, 2.45) is 0 Å². The molecule has 0 unspecified atom stereocenters. The average Bonchev–Trinajstić information content (AvgIpc) is 2.74. The Hall–Kier alpha value is -1.29. The van der Waals surface area contributed by atoms with Crippen molar-refractivity contribution in [1.82, 2.24) is 9.88 Å². The molecular formula is C12H20N2O2. The van der Waals surface area contributed by atoms with Gasteiger partial charge in [-0.3, -0.25) is 4.79 Å². The third-order valence-electron chi connectivity index (χ3n) is 2.63. The van der Waals surface area contributed by atoms with Gasteiger partial charge in [-0.15, -0.1) is 0 Å². The van der Waals surface area contributed by atoms with E-state index in [-0.39, 0.29) is 6.42 Å². The van der Waals surface area contributed by atoms with Crippen LogP contribution in [-0.2, 0) is 11.2 Å². The lowest BCUT2D eigenvalue weighted by atomic mass is 10.2. The summed E-state index contributed by atoms with van der Waals surface area (Å²) in [5.41, 5.74) is 1.32. The summed E-state index contributed by atoms with van der Waals surface area (Å²) in [7, 11) is 2.08. The predicted molar refractivity (Wildman–Crippen MR) is 63.5 cm³/mol. The second-order valence-corrected chi connectivity index (χ2v) is 4.12. The molecule has 0 aliphatic heterocycles. The van der Waals surface area contributed by atoms with E-state index in [9.17, 15) is 4.79 Å². The van der Waals surface area contributed by atoms with Crippen molar-refractivity contribution in [3.8, 4) is 0 Å². The average molecular weight is 224 g/mol. The van der Waals surface area contributed by atoms with E-state index in [0.717, 1.165) is 32.4 Å². The zero-order valence-electron chi connectivity index (χ0n) is 9.78. The summed E-state index contributed by atoms with van der Waals surface area (Å²) in [6.45, 7) is 1.99. The smallest absolute Gasteiger partial charge is 0.303 e. The molecule has 1 aromatic rings. The number of rotatable bonds is 8. The van der Waals surface area contributed by atoms with E-state index in [1.54, 1.807) is 0 Å². The first-order chi connectivity index (χ1) is 7.68. The van der Waals surface area contributed by atoms with Crippen molar-refractivity contribution < 1.29 is 9.90 Å². The number of carboxylic acids is 1. The maximum absolute atomic E-state index is 10.3. The lowest BCUT2D eigenvalue weighted by Crippen LogP contribution is -2.22. The van der Waals surface area contributed by atoms with E-state index in [0.29, 0.717) is 0 Å². The largest absolute Gasteiger partial charge is 0.481 e. The highest BCUT2D eigenvalue weighted by Gasteiger charge is 2.01. The maximum Gasteiger partial charge on any atom is 0.303 e. The summed E-state index contributed by atoms with van der Waals surface area (Å²) in [6, 6.07) is 2.08. The number of carboxylic acid groups (broad SMARTS) is 1. The Morgan fingerprint density at radius 1 is 1.44 bits per heavy atom. The van der Waals surface area contributed by atoms with Crippen LogP contribution in [0.25, 0.3) is 0 Å². The molecule has 4 nitrogen and oxygen atoms in total. The third kappa shape index (κ3) is 5.56. The molecule has 0 spiro atoms. The van der Waals surface area contributed by atoms with Crippen molar-refractivity contribution in [2.75, 3.05) is 20.1 Å². The topological polar surface area (TPSA) is 56.3 Å². The van der Waals surface area contributed by atoms with E-state index < -0.39 is 5.97 Å². The Kier molecular flexibility index (Phi) is 5.64. The van der Waals surface area contributed by atoms with Gasteiger partial charge in [0.25, 0.3) is 0 Å². The number of aromatic amines is 1. The molecule has 0 aliphatic carbocycles. The van der Waals surface area contributed by atoms with Gasteiger partial charge in [0.15, 0.2) is 0 Å². The highest BCUT2D eigenvalue weighted by Crippen LogP contribution is 2.01. The Morgan fingerprint density at radius 3 is 2.88 bits per heavy atom. The normalized spacial score (nSPS) is 10.9. The van der Waals surface area contributed by atoms with Crippen LogP contribution in [0.5, 0.6) is 0 Å². The fourth-order valence-corrected chi connectivity index (χ4v) is 1.60.